The molecule has 0 bridgehead atoms. The summed E-state index contributed by atoms with van der Waals surface area (Å²) in [6.45, 7) is 1.42. The molecule has 2 N–H and O–H groups in total. The van der Waals surface area contributed by atoms with Gasteiger partial charge in [0.1, 0.15) is 5.92 Å². The number of carbonyl (C=O) groups excluding carboxylic acids is 2. The summed E-state index contributed by atoms with van der Waals surface area (Å²) in [6.07, 6.45) is -7.64. The molecule has 16 heteroatoms. The second kappa shape index (κ2) is 14.2. The van der Waals surface area contributed by atoms with E-state index in [4.69, 9.17) is 9.47 Å². The van der Waals surface area contributed by atoms with Gasteiger partial charge in [-0.3, -0.25) is 14.7 Å². The Kier molecular flexibility index (Phi) is 10.5. The summed E-state index contributed by atoms with van der Waals surface area (Å²) in [6, 6.07) is 8.58. The van der Waals surface area contributed by atoms with E-state index in [1.165, 1.54) is 0 Å². The van der Waals surface area contributed by atoms with Crippen molar-refractivity contribution in [1.29, 1.82) is 0 Å². The molecule has 0 saturated carbocycles. The molecule has 3 aliphatic heterocycles. The van der Waals surface area contributed by atoms with Crippen molar-refractivity contribution < 1.29 is 45.4 Å². The Balaban J connectivity index is 1.05. The zero-order valence-electron chi connectivity index (χ0n) is 24.2. The van der Waals surface area contributed by atoms with E-state index in [2.05, 4.69) is 15.4 Å². The van der Waals surface area contributed by atoms with Gasteiger partial charge in [-0.05, 0) is 11.6 Å². The van der Waals surface area contributed by atoms with Gasteiger partial charge >= 0.3 is 12.4 Å². The van der Waals surface area contributed by atoms with Crippen molar-refractivity contribution >= 4 is 25.3 Å². The fourth-order valence-corrected chi connectivity index (χ4v) is 7.84. The van der Waals surface area contributed by atoms with Crippen LogP contribution < -0.4 is 20.0 Å². The van der Waals surface area contributed by atoms with E-state index < -0.39 is 43.5 Å². The topological polar surface area (TPSA) is 96.0 Å². The molecule has 2 saturated heterocycles. The first kappa shape index (κ1) is 33.4. The number of fused-ring (bicyclic) bond motifs is 3. The van der Waals surface area contributed by atoms with Gasteiger partial charge < -0.3 is 24.6 Å². The highest BCUT2D eigenvalue weighted by molar-refractivity contribution is 7.72. The van der Waals surface area contributed by atoms with Crippen LogP contribution in [0.15, 0.2) is 42.6 Å². The third-order valence-corrected chi connectivity index (χ3v) is 10.1. The van der Waals surface area contributed by atoms with Crippen LogP contribution in [0, 0.1) is 5.92 Å². The molecule has 4 unspecified atom stereocenters. The van der Waals surface area contributed by atoms with Crippen LogP contribution in [0.1, 0.15) is 24.0 Å². The molecule has 0 spiro atoms. The van der Waals surface area contributed by atoms with Gasteiger partial charge in [0.2, 0.25) is 5.91 Å². The Hall–Kier alpha value is -3.00. The Morgan fingerprint density at radius 2 is 1.91 bits per heavy atom. The lowest BCUT2D eigenvalue weighted by Crippen LogP contribution is -2.56. The molecule has 1 amide bonds. The van der Waals surface area contributed by atoms with Crippen LogP contribution >= 0.6 is 8.07 Å². The molecule has 4 heterocycles. The minimum absolute atomic E-state index is 0.00535. The molecular formula is C29H34F6N5O4P. The highest BCUT2D eigenvalue weighted by Gasteiger charge is 2.53. The Bertz CT molecular complexity index is 1330. The predicted molar refractivity (Wildman–Crippen MR) is 154 cm³/mol. The van der Waals surface area contributed by atoms with Crippen molar-refractivity contribution in [3.8, 4) is 5.75 Å². The fraction of sp³-hybridized carbons (Fsp3) is 0.552. The number of nitrogens with zero attached hydrogens (tertiary/aromatic N) is 3. The van der Waals surface area contributed by atoms with E-state index in [0.29, 0.717) is 31.9 Å². The van der Waals surface area contributed by atoms with E-state index >= 15 is 0 Å². The number of ether oxygens (including phenoxy) is 2. The molecule has 246 valence electrons. The van der Waals surface area contributed by atoms with Gasteiger partial charge in [0.05, 0.1) is 37.8 Å². The van der Waals surface area contributed by atoms with Crippen LogP contribution in [0.5, 0.6) is 5.75 Å². The second-order valence-electron chi connectivity index (χ2n) is 11.1. The van der Waals surface area contributed by atoms with E-state index in [-0.39, 0.29) is 63.2 Å². The zero-order chi connectivity index (χ0) is 32.2. The number of rotatable bonds is 9. The average molecular weight is 662 g/mol. The molecule has 45 heavy (non-hydrogen) atoms. The minimum atomic E-state index is -4.68. The van der Waals surface area contributed by atoms with Crippen LogP contribution in [0.25, 0.3) is 0 Å². The summed E-state index contributed by atoms with van der Waals surface area (Å²) in [4.78, 5) is 33.3. The quantitative estimate of drug-likeness (QED) is 0.235. The summed E-state index contributed by atoms with van der Waals surface area (Å²) < 4.78 is 92.1. The van der Waals surface area contributed by atoms with Gasteiger partial charge in [-0.1, -0.05) is 30.3 Å². The average Bonchev–Trinajstić information content (AvgIpc) is 3.18. The third kappa shape index (κ3) is 8.24. The first-order chi connectivity index (χ1) is 21.4. The number of amides is 1. The maximum atomic E-state index is 13.9. The Morgan fingerprint density at radius 1 is 1.13 bits per heavy atom. The van der Waals surface area contributed by atoms with Gasteiger partial charge in [-0.25, -0.2) is 4.98 Å². The zero-order valence-corrected chi connectivity index (χ0v) is 25.1. The van der Waals surface area contributed by atoms with Gasteiger partial charge in [0.25, 0.3) is 0 Å². The minimum Gasteiger partial charge on any atom is -0.490 e. The van der Waals surface area contributed by atoms with Crippen molar-refractivity contribution in [3.05, 3.63) is 53.7 Å². The number of nitrogens with one attached hydrogen (secondary N) is 2. The standard InChI is InChI=1S/C29H34F6N5O4P/c30-28(31,32)20-14-23-26(37-15-20)40-10-9-39(17-21(40)6-12-44-23)24(41)7-11-43-13-8-36-22-16-38-45(18-19-4-2-1-3-5-19)27(42)25(22)29(33,34)35/h1-5,14-15,21-22,25,36,38H,6-13,16-18H2. The maximum Gasteiger partial charge on any atom is 0.418 e. The van der Waals surface area contributed by atoms with Gasteiger partial charge in [-0.2, -0.15) is 26.3 Å². The maximum absolute atomic E-state index is 13.9. The van der Waals surface area contributed by atoms with Gasteiger partial charge in [-0.15, -0.1) is 0 Å². The van der Waals surface area contributed by atoms with Crippen LogP contribution in [-0.2, 0) is 26.7 Å². The summed E-state index contributed by atoms with van der Waals surface area (Å²) >= 11 is 0. The highest BCUT2D eigenvalue weighted by Crippen LogP contribution is 2.47. The van der Waals surface area contributed by atoms with Crippen molar-refractivity contribution in [2.24, 2.45) is 5.92 Å². The SMILES string of the molecule is O=C(CCOCCNC1CNP(Cc2ccccc2)C(=O)C1C(F)(F)F)N1CCN2c3ncc(C(F)(F)F)cc3OCCC2C1. The van der Waals surface area contributed by atoms with Gasteiger partial charge in [0, 0.05) is 65.6 Å². The van der Waals surface area contributed by atoms with Crippen molar-refractivity contribution in [2.45, 2.75) is 43.4 Å². The molecule has 9 nitrogen and oxygen atoms in total. The number of benzene rings is 1. The smallest absolute Gasteiger partial charge is 0.418 e. The van der Waals surface area contributed by atoms with Crippen molar-refractivity contribution in [3.63, 3.8) is 0 Å². The molecule has 3 aliphatic rings. The molecule has 2 aromatic rings. The largest absolute Gasteiger partial charge is 0.490 e. The van der Waals surface area contributed by atoms with Crippen LogP contribution in [0.2, 0.25) is 0 Å². The molecule has 0 radical (unpaired) electrons. The predicted octanol–water partition coefficient (Wildman–Crippen LogP) is 4.17. The number of aromatic nitrogens is 1. The number of halogens is 6. The molecule has 4 atom stereocenters. The van der Waals surface area contributed by atoms with Crippen LogP contribution in [-0.4, -0.2) is 92.1 Å². The number of carbonyl (C=O) groups is 2. The molecule has 0 aliphatic carbocycles. The first-order valence-electron chi connectivity index (χ1n) is 14.6. The monoisotopic (exact) mass is 661 g/mol. The third-order valence-electron chi connectivity index (χ3n) is 8.06. The molecule has 5 rings (SSSR count). The second-order valence-corrected chi connectivity index (χ2v) is 13.0. The molecule has 1 aromatic heterocycles. The van der Waals surface area contributed by atoms with Gasteiger partial charge in [0.15, 0.2) is 17.1 Å². The molecule has 1 aromatic carbocycles. The molecule has 2 fully saturated rings. The summed E-state index contributed by atoms with van der Waals surface area (Å²) in [5.41, 5.74) is -0.918. The Labute approximate surface area is 257 Å². The van der Waals surface area contributed by atoms with E-state index in [1.807, 2.05) is 4.90 Å². The number of hydrogen-bond acceptors (Lipinski definition) is 8. The lowest BCUT2D eigenvalue weighted by Gasteiger charge is -2.41. The highest BCUT2D eigenvalue weighted by atomic mass is 31.1. The number of piperazine rings is 1. The lowest BCUT2D eigenvalue weighted by molar-refractivity contribution is -0.183. The van der Waals surface area contributed by atoms with E-state index in [1.54, 1.807) is 35.2 Å². The van der Waals surface area contributed by atoms with Crippen molar-refractivity contribution in [2.75, 3.05) is 57.4 Å². The first-order valence-corrected chi connectivity index (χ1v) is 16.2. The number of pyridine rings is 1. The number of alkyl halides is 6. The van der Waals surface area contributed by atoms with E-state index in [0.717, 1.165) is 17.8 Å². The lowest BCUT2D eigenvalue weighted by atomic mass is 10.0. The van der Waals surface area contributed by atoms with E-state index in [9.17, 15) is 35.9 Å². The van der Waals surface area contributed by atoms with Crippen LogP contribution in [0.3, 0.4) is 0 Å². The number of anilines is 1. The van der Waals surface area contributed by atoms with Crippen LogP contribution in [0.4, 0.5) is 32.2 Å². The fourth-order valence-electron chi connectivity index (χ4n) is 5.77. The van der Waals surface area contributed by atoms with Crippen molar-refractivity contribution in [1.82, 2.24) is 20.3 Å². The normalized spacial score (nSPS) is 24.0. The summed E-state index contributed by atoms with van der Waals surface area (Å²) in [5.74, 6) is -1.89. The summed E-state index contributed by atoms with van der Waals surface area (Å²) in [5, 5.41) is 5.81. The molecular weight excluding hydrogens is 627 g/mol. The summed E-state index contributed by atoms with van der Waals surface area (Å²) in [7, 11) is -1.68. The number of hydrogen-bond donors (Lipinski definition) is 2. The Morgan fingerprint density at radius 3 is 2.64 bits per heavy atom.